The second kappa shape index (κ2) is 13.3. The Balaban J connectivity index is 1.58. The van der Waals surface area contributed by atoms with E-state index >= 15 is 0 Å². The molecule has 2 N–H and O–H groups in total. The average Bonchev–Trinajstić information content (AvgIpc) is 3.69. The maximum Gasteiger partial charge on any atom is 0.249 e. The first-order valence-electron chi connectivity index (χ1n) is 14.0. The van der Waals surface area contributed by atoms with E-state index in [4.69, 9.17) is 14.2 Å². The Kier molecular flexibility index (Phi) is 9.16. The van der Waals surface area contributed by atoms with Crippen molar-refractivity contribution >= 4 is 40.1 Å². The molecule has 0 bridgehead atoms. The van der Waals surface area contributed by atoms with E-state index in [1.165, 1.54) is 30.7 Å². The Morgan fingerprint density at radius 3 is 2.51 bits per heavy atom. The van der Waals surface area contributed by atoms with Gasteiger partial charge in [0.15, 0.2) is 11.5 Å². The third-order valence-electron chi connectivity index (χ3n) is 7.20. The van der Waals surface area contributed by atoms with E-state index in [0.29, 0.717) is 52.6 Å². The first kappa shape index (κ1) is 29.5. The number of carbonyl (C=O) groups excluding carboxylic acids is 3. The fourth-order valence-corrected chi connectivity index (χ4v) is 5.14. The molecule has 1 fully saturated rings. The number of carbonyl (C=O) groups is 3. The molecule has 2 heterocycles. The van der Waals surface area contributed by atoms with Crippen molar-refractivity contribution in [2.24, 2.45) is 0 Å². The number of methoxy groups -OCH3 is 2. The highest BCUT2D eigenvalue weighted by molar-refractivity contribution is 6.02. The molecule has 43 heavy (non-hydrogen) atoms. The number of hydrogen-bond donors (Lipinski definition) is 2. The zero-order valence-corrected chi connectivity index (χ0v) is 24.3. The van der Waals surface area contributed by atoms with Gasteiger partial charge in [0.25, 0.3) is 0 Å². The Morgan fingerprint density at radius 1 is 1.05 bits per heavy atom. The van der Waals surface area contributed by atoms with E-state index in [1.54, 1.807) is 42.5 Å². The summed E-state index contributed by atoms with van der Waals surface area (Å²) < 4.78 is 18.2. The Hall–Kier alpha value is -4.97. The SMILES string of the molecule is COc1ccc([C@H](C(=O)NC[C@H]2CCCO2)N(C(=O)Cn2nnc3ccccc32)c2ccc(NC(C)=O)cc2)cc1OC. The van der Waals surface area contributed by atoms with Gasteiger partial charge in [0.2, 0.25) is 17.7 Å². The molecule has 4 aromatic rings. The van der Waals surface area contributed by atoms with Gasteiger partial charge in [0.1, 0.15) is 18.1 Å². The van der Waals surface area contributed by atoms with E-state index in [2.05, 4.69) is 20.9 Å². The lowest BCUT2D eigenvalue weighted by Crippen LogP contribution is -2.46. The van der Waals surface area contributed by atoms with Gasteiger partial charge in [-0.25, -0.2) is 4.68 Å². The molecule has 0 aliphatic carbocycles. The highest BCUT2D eigenvalue weighted by Gasteiger charge is 2.34. The third kappa shape index (κ3) is 6.75. The summed E-state index contributed by atoms with van der Waals surface area (Å²) in [5, 5.41) is 14.1. The molecule has 12 nitrogen and oxygen atoms in total. The first-order chi connectivity index (χ1) is 20.9. The van der Waals surface area contributed by atoms with Crippen molar-refractivity contribution in [1.29, 1.82) is 0 Å². The Morgan fingerprint density at radius 2 is 1.81 bits per heavy atom. The van der Waals surface area contributed by atoms with Crippen molar-refractivity contribution in [3.8, 4) is 11.5 Å². The van der Waals surface area contributed by atoms with Gasteiger partial charge in [-0.3, -0.25) is 19.3 Å². The summed E-state index contributed by atoms with van der Waals surface area (Å²) in [6.45, 7) is 2.19. The van der Waals surface area contributed by atoms with Gasteiger partial charge < -0.3 is 24.8 Å². The number of para-hydroxylation sites is 1. The molecule has 12 heteroatoms. The van der Waals surface area contributed by atoms with Crippen LogP contribution in [0.5, 0.6) is 11.5 Å². The minimum Gasteiger partial charge on any atom is -0.493 e. The molecule has 3 aromatic carbocycles. The maximum atomic E-state index is 14.3. The smallest absolute Gasteiger partial charge is 0.249 e. The van der Waals surface area contributed by atoms with E-state index in [-0.39, 0.29) is 18.6 Å². The second-order valence-corrected chi connectivity index (χ2v) is 10.1. The lowest BCUT2D eigenvalue weighted by molar-refractivity contribution is -0.127. The van der Waals surface area contributed by atoms with Crippen LogP contribution in [-0.2, 0) is 25.7 Å². The van der Waals surface area contributed by atoms with Crippen LogP contribution in [0.2, 0.25) is 0 Å². The van der Waals surface area contributed by atoms with Crippen LogP contribution >= 0.6 is 0 Å². The summed E-state index contributed by atoms with van der Waals surface area (Å²) >= 11 is 0. The number of amides is 3. The number of anilines is 2. The molecule has 1 aliphatic rings. The van der Waals surface area contributed by atoms with Crippen molar-refractivity contribution in [1.82, 2.24) is 20.3 Å². The van der Waals surface area contributed by atoms with Crippen molar-refractivity contribution in [2.45, 2.75) is 38.5 Å². The summed E-state index contributed by atoms with van der Waals surface area (Å²) in [5.74, 6) is -0.139. The highest BCUT2D eigenvalue weighted by Crippen LogP contribution is 2.35. The van der Waals surface area contributed by atoms with Crippen molar-refractivity contribution in [3.05, 3.63) is 72.3 Å². The summed E-state index contributed by atoms with van der Waals surface area (Å²) in [6.07, 6.45) is 1.67. The third-order valence-corrected chi connectivity index (χ3v) is 7.20. The molecule has 3 amide bonds. The summed E-state index contributed by atoms with van der Waals surface area (Å²) in [4.78, 5) is 41.4. The minimum absolute atomic E-state index is 0.0994. The van der Waals surface area contributed by atoms with Gasteiger partial charge in [0, 0.05) is 31.5 Å². The largest absolute Gasteiger partial charge is 0.493 e. The number of nitrogens with zero attached hydrogens (tertiary/aromatic N) is 4. The van der Waals surface area contributed by atoms with Crippen molar-refractivity contribution in [2.75, 3.05) is 37.6 Å². The Labute approximate surface area is 248 Å². The molecule has 2 atom stereocenters. The van der Waals surface area contributed by atoms with Gasteiger partial charge in [-0.2, -0.15) is 0 Å². The van der Waals surface area contributed by atoms with Crippen LogP contribution < -0.4 is 25.0 Å². The number of nitrogens with one attached hydrogen (secondary N) is 2. The number of fused-ring (bicyclic) bond motifs is 1. The van der Waals surface area contributed by atoms with Crippen LogP contribution in [0, 0.1) is 0 Å². The molecule has 1 aliphatic heterocycles. The highest BCUT2D eigenvalue weighted by atomic mass is 16.5. The molecule has 0 radical (unpaired) electrons. The van der Waals surface area contributed by atoms with E-state index < -0.39 is 17.9 Å². The minimum atomic E-state index is -1.10. The summed E-state index contributed by atoms with van der Waals surface area (Å²) in [6, 6.07) is 18.1. The molecule has 0 spiro atoms. The molecular formula is C31H34N6O6. The number of aromatic nitrogens is 3. The molecule has 224 valence electrons. The molecule has 1 saturated heterocycles. The van der Waals surface area contributed by atoms with Gasteiger partial charge in [0.05, 0.1) is 25.8 Å². The standard InChI is InChI=1S/C31H34N6O6/c1-20(38)33-22-11-13-23(14-12-22)37(29(39)19-36-26-9-5-4-8-25(26)34-35-36)30(31(40)32-18-24-7-6-16-43-24)21-10-15-27(41-2)28(17-21)42-3/h4-5,8-15,17,24,30H,6-7,16,18-19H2,1-3H3,(H,32,40)(H,33,38)/t24-,30-/m1/s1. The van der Waals surface area contributed by atoms with Crippen LogP contribution in [0.15, 0.2) is 66.7 Å². The van der Waals surface area contributed by atoms with Gasteiger partial charge >= 0.3 is 0 Å². The predicted octanol–water partition coefficient (Wildman–Crippen LogP) is 3.48. The fraction of sp³-hybridized carbons (Fsp3) is 0.323. The number of hydrogen-bond acceptors (Lipinski definition) is 8. The van der Waals surface area contributed by atoms with E-state index in [0.717, 1.165) is 12.8 Å². The molecular weight excluding hydrogens is 552 g/mol. The van der Waals surface area contributed by atoms with Gasteiger partial charge in [-0.1, -0.05) is 23.4 Å². The van der Waals surface area contributed by atoms with E-state index in [9.17, 15) is 14.4 Å². The van der Waals surface area contributed by atoms with Crippen LogP contribution in [0.1, 0.15) is 31.4 Å². The molecule has 0 saturated carbocycles. The zero-order valence-electron chi connectivity index (χ0n) is 24.3. The Bertz CT molecular complexity index is 1600. The fourth-order valence-electron chi connectivity index (χ4n) is 5.14. The van der Waals surface area contributed by atoms with Crippen molar-refractivity contribution in [3.63, 3.8) is 0 Å². The molecule has 0 unspecified atom stereocenters. The second-order valence-electron chi connectivity index (χ2n) is 10.1. The van der Waals surface area contributed by atoms with Crippen LogP contribution in [0.25, 0.3) is 11.0 Å². The van der Waals surface area contributed by atoms with Crippen LogP contribution in [0.4, 0.5) is 11.4 Å². The van der Waals surface area contributed by atoms with Gasteiger partial charge in [-0.05, 0) is 66.9 Å². The first-order valence-corrected chi connectivity index (χ1v) is 14.0. The molecule has 5 rings (SSSR count). The normalized spacial score (nSPS) is 15.1. The molecule has 1 aromatic heterocycles. The zero-order chi connectivity index (χ0) is 30.3. The topological polar surface area (TPSA) is 137 Å². The summed E-state index contributed by atoms with van der Waals surface area (Å²) in [7, 11) is 3.03. The quantitative estimate of drug-likeness (QED) is 0.273. The number of benzene rings is 3. The summed E-state index contributed by atoms with van der Waals surface area (Å²) in [5.41, 5.74) is 2.83. The average molecular weight is 587 g/mol. The number of rotatable bonds is 11. The van der Waals surface area contributed by atoms with Crippen LogP contribution in [0.3, 0.4) is 0 Å². The van der Waals surface area contributed by atoms with Crippen molar-refractivity contribution < 1.29 is 28.6 Å². The predicted molar refractivity (Wildman–Crippen MR) is 160 cm³/mol. The van der Waals surface area contributed by atoms with Crippen LogP contribution in [-0.4, -0.2) is 66.2 Å². The lowest BCUT2D eigenvalue weighted by atomic mass is 10.0. The van der Waals surface area contributed by atoms with Gasteiger partial charge in [-0.15, -0.1) is 5.10 Å². The van der Waals surface area contributed by atoms with E-state index in [1.807, 2.05) is 24.3 Å². The lowest BCUT2D eigenvalue weighted by Gasteiger charge is -2.32. The number of ether oxygens (including phenoxy) is 3. The maximum absolute atomic E-state index is 14.3. The monoisotopic (exact) mass is 586 g/mol.